The maximum atomic E-state index is 12.8. The zero-order chi connectivity index (χ0) is 19.4. The van der Waals surface area contributed by atoms with Gasteiger partial charge in [0.2, 0.25) is 0 Å². The van der Waals surface area contributed by atoms with E-state index in [9.17, 15) is 9.59 Å². The number of halogens is 1. The molecule has 0 fully saturated rings. The van der Waals surface area contributed by atoms with Crippen molar-refractivity contribution >= 4 is 40.4 Å². The fourth-order valence-corrected chi connectivity index (χ4v) is 3.46. The van der Waals surface area contributed by atoms with E-state index in [0.717, 1.165) is 11.1 Å². The van der Waals surface area contributed by atoms with Crippen LogP contribution in [0.1, 0.15) is 31.2 Å². The van der Waals surface area contributed by atoms with E-state index in [1.165, 1.54) is 11.3 Å². The molecule has 1 aromatic heterocycles. The summed E-state index contributed by atoms with van der Waals surface area (Å²) >= 11 is 7.54. The van der Waals surface area contributed by atoms with Crippen molar-refractivity contribution in [3.63, 3.8) is 0 Å². The van der Waals surface area contributed by atoms with Crippen LogP contribution >= 0.6 is 22.9 Å². The van der Waals surface area contributed by atoms with E-state index in [0.29, 0.717) is 27.7 Å². The molecule has 0 aliphatic rings. The van der Waals surface area contributed by atoms with Gasteiger partial charge in [0.25, 0.3) is 11.8 Å². The van der Waals surface area contributed by atoms with Crippen LogP contribution in [0, 0.1) is 6.92 Å². The molecule has 3 aromatic rings. The van der Waals surface area contributed by atoms with Crippen LogP contribution in [-0.2, 0) is 6.54 Å². The largest absolute Gasteiger partial charge is 0.337 e. The second-order valence-corrected chi connectivity index (χ2v) is 7.57. The Morgan fingerprint density at radius 3 is 2.59 bits per heavy atom. The standard InChI is InChI=1S/C21H19ClN2O2S/c1-14-6-3-4-7-16(14)13-24(2)21(26)15-9-10-17(22)18(12-15)23-20(25)19-8-5-11-27-19/h3-12H,13H2,1-2H3,(H,23,25). The summed E-state index contributed by atoms with van der Waals surface area (Å²) in [6, 6.07) is 16.4. The lowest BCUT2D eigenvalue weighted by molar-refractivity contribution is 0.0784. The Morgan fingerprint density at radius 1 is 1.11 bits per heavy atom. The van der Waals surface area contributed by atoms with Gasteiger partial charge in [-0.2, -0.15) is 0 Å². The lowest BCUT2D eigenvalue weighted by Crippen LogP contribution is -2.26. The predicted molar refractivity (Wildman–Crippen MR) is 111 cm³/mol. The van der Waals surface area contributed by atoms with Crippen LogP contribution in [0.4, 0.5) is 5.69 Å². The fourth-order valence-electron chi connectivity index (χ4n) is 2.68. The maximum absolute atomic E-state index is 12.8. The zero-order valence-electron chi connectivity index (χ0n) is 15.0. The summed E-state index contributed by atoms with van der Waals surface area (Å²) in [5.41, 5.74) is 3.12. The Labute approximate surface area is 167 Å². The Bertz CT molecular complexity index is 970. The average molecular weight is 399 g/mol. The molecule has 0 atom stereocenters. The molecule has 3 rings (SSSR count). The second kappa shape index (κ2) is 8.37. The summed E-state index contributed by atoms with van der Waals surface area (Å²) in [4.78, 5) is 27.3. The van der Waals surface area contributed by atoms with Crippen LogP contribution in [0.25, 0.3) is 0 Å². The van der Waals surface area contributed by atoms with Gasteiger partial charge in [-0.1, -0.05) is 41.9 Å². The molecule has 0 spiro atoms. The van der Waals surface area contributed by atoms with Crippen LogP contribution in [0.2, 0.25) is 5.02 Å². The van der Waals surface area contributed by atoms with Crippen molar-refractivity contribution < 1.29 is 9.59 Å². The highest BCUT2D eigenvalue weighted by Crippen LogP contribution is 2.25. The number of nitrogens with zero attached hydrogens (tertiary/aromatic N) is 1. The van der Waals surface area contributed by atoms with Gasteiger partial charge in [0.15, 0.2) is 0 Å². The molecule has 0 saturated heterocycles. The Balaban J connectivity index is 1.77. The smallest absolute Gasteiger partial charge is 0.265 e. The molecule has 0 unspecified atom stereocenters. The van der Waals surface area contributed by atoms with Crippen molar-refractivity contribution in [2.45, 2.75) is 13.5 Å². The molecule has 0 saturated carbocycles. The first-order valence-electron chi connectivity index (χ1n) is 8.40. The van der Waals surface area contributed by atoms with E-state index in [1.807, 2.05) is 42.6 Å². The zero-order valence-corrected chi connectivity index (χ0v) is 16.6. The number of aryl methyl sites for hydroxylation is 1. The van der Waals surface area contributed by atoms with Gasteiger partial charge >= 0.3 is 0 Å². The number of hydrogen-bond acceptors (Lipinski definition) is 3. The summed E-state index contributed by atoms with van der Waals surface area (Å²) in [6.07, 6.45) is 0. The van der Waals surface area contributed by atoms with Gasteiger partial charge in [0.1, 0.15) is 0 Å². The quantitative estimate of drug-likeness (QED) is 0.639. The van der Waals surface area contributed by atoms with Crippen LogP contribution in [0.3, 0.4) is 0 Å². The van der Waals surface area contributed by atoms with Gasteiger partial charge in [0.05, 0.1) is 15.6 Å². The first kappa shape index (κ1) is 19.1. The highest BCUT2D eigenvalue weighted by Gasteiger charge is 2.16. The Kier molecular flexibility index (Phi) is 5.94. The van der Waals surface area contributed by atoms with Crippen molar-refractivity contribution in [3.05, 3.63) is 86.6 Å². The molecule has 1 N–H and O–H groups in total. The van der Waals surface area contributed by atoms with E-state index >= 15 is 0 Å². The molecule has 0 aliphatic heterocycles. The first-order chi connectivity index (χ1) is 13.0. The lowest BCUT2D eigenvalue weighted by Gasteiger charge is -2.19. The highest BCUT2D eigenvalue weighted by molar-refractivity contribution is 7.12. The Hall–Kier alpha value is -2.63. The fraction of sp³-hybridized carbons (Fsp3) is 0.143. The molecule has 4 nitrogen and oxygen atoms in total. The van der Waals surface area contributed by atoms with Crippen LogP contribution in [0.15, 0.2) is 60.0 Å². The topological polar surface area (TPSA) is 49.4 Å². The summed E-state index contributed by atoms with van der Waals surface area (Å²) in [7, 11) is 1.76. The summed E-state index contributed by atoms with van der Waals surface area (Å²) < 4.78 is 0. The van der Waals surface area contributed by atoms with Gasteiger partial charge < -0.3 is 10.2 Å². The molecule has 0 radical (unpaired) electrons. The highest BCUT2D eigenvalue weighted by atomic mass is 35.5. The number of benzene rings is 2. The van der Waals surface area contributed by atoms with E-state index in [1.54, 1.807) is 36.2 Å². The van der Waals surface area contributed by atoms with E-state index in [4.69, 9.17) is 11.6 Å². The van der Waals surface area contributed by atoms with Gasteiger partial charge in [-0.15, -0.1) is 11.3 Å². The minimum absolute atomic E-state index is 0.137. The number of anilines is 1. The van der Waals surface area contributed by atoms with Crippen molar-refractivity contribution in [1.29, 1.82) is 0 Å². The minimum Gasteiger partial charge on any atom is -0.337 e. The van der Waals surface area contributed by atoms with Gasteiger partial charge in [-0.05, 0) is 47.7 Å². The van der Waals surface area contributed by atoms with Crippen molar-refractivity contribution in [1.82, 2.24) is 4.90 Å². The van der Waals surface area contributed by atoms with Gasteiger partial charge in [-0.25, -0.2) is 0 Å². The molecule has 6 heteroatoms. The predicted octanol–water partition coefficient (Wildman–Crippen LogP) is 5.23. The average Bonchev–Trinajstić information content (AvgIpc) is 3.19. The van der Waals surface area contributed by atoms with Crippen molar-refractivity contribution in [2.75, 3.05) is 12.4 Å². The lowest BCUT2D eigenvalue weighted by atomic mass is 10.1. The third-order valence-corrected chi connectivity index (χ3v) is 5.42. The molecule has 27 heavy (non-hydrogen) atoms. The number of thiophene rings is 1. The van der Waals surface area contributed by atoms with E-state index in [2.05, 4.69) is 5.32 Å². The number of hydrogen-bond donors (Lipinski definition) is 1. The first-order valence-corrected chi connectivity index (χ1v) is 9.66. The summed E-state index contributed by atoms with van der Waals surface area (Å²) in [5, 5.41) is 4.99. The third kappa shape index (κ3) is 4.56. The number of rotatable bonds is 5. The molecular weight excluding hydrogens is 380 g/mol. The Morgan fingerprint density at radius 2 is 1.89 bits per heavy atom. The molecular formula is C21H19ClN2O2S. The summed E-state index contributed by atoms with van der Waals surface area (Å²) in [5.74, 6) is -0.383. The van der Waals surface area contributed by atoms with E-state index < -0.39 is 0 Å². The SMILES string of the molecule is Cc1ccccc1CN(C)C(=O)c1ccc(Cl)c(NC(=O)c2cccs2)c1. The molecule has 138 valence electrons. The van der Waals surface area contributed by atoms with Gasteiger partial charge in [0, 0.05) is 19.2 Å². The second-order valence-electron chi connectivity index (χ2n) is 6.21. The molecule has 0 bridgehead atoms. The van der Waals surface area contributed by atoms with Crippen LogP contribution < -0.4 is 5.32 Å². The van der Waals surface area contributed by atoms with Gasteiger partial charge in [-0.3, -0.25) is 9.59 Å². The van der Waals surface area contributed by atoms with Crippen LogP contribution in [-0.4, -0.2) is 23.8 Å². The minimum atomic E-state index is -0.246. The number of nitrogens with one attached hydrogen (secondary N) is 1. The molecule has 0 aliphatic carbocycles. The van der Waals surface area contributed by atoms with Crippen molar-refractivity contribution in [2.24, 2.45) is 0 Å². The maximum Gasteiger partial charge on any atom is 0.265 e. The van der Waals surface area contributed by atoms with Crippen molar-refractivity contribution in [3.8, 4) is 0 Å². The van der Waals surface area contributed by atoms with Crippen LogP contribution in [0.5, 0.6) is 0 Å². The summed E-state index contributed by atoms with van der Waals surface area (Å²) in [6.45, 7) is 2.53. The molecule has 2 aromatic carbocycles. The third-order valence-electron chi connectivity index (χ3n) is 4.22. The number of carbonyl (C=O) groups is 2. The molecule has 2 amide bonds. The number of carbonyl (C=O) groups excluding carboxylic acids is 2. The number of amides is 2. The normalized spacial score (nSPS) is 10.5. The molecule has 1 heterocycles. The monoisotopic (exact) mass is 398 g/mol. The van der Waals surface area contributed by atoms with E-state index in [-0.39, 0.29) is 11.8 Å².